The lowest BCUT2D eigenvalue weighted by atomic mass is 10.2. The van der Waals surface area contributed by atoms with Crippen LogP contribution in [0.1, 0.15) is 10.6 Å². The molecule has 3 aromatic rings. The lowest BCUT2D eigenvalue weighted by molar-refractivity contribution is 0.313. The van der Waals surface area contributed by atoms with Gasteiger partial charge in [0.15, 0.2) is 0 Å². The van der Waals surface area contributed by atoms with E-state index >= 15 is 0 Å². The first-order chi connectivity index (χ1) is 9.36. The van der Waals surface area contributed by atoms with Crippen LogP contribution >= 0.6 is 11.3 Å². The molecule has 2 heterocycles. The summed E-state index contributed by atoms with van der Waals surface area (Å²) in [5.74, 6) is 0.847. The maximum atomic E-state index is 5.92. The third-order valence-corrected chi connectivity index (χ3v) is 3.74. The maximum absolute atomic E-state index is 5.92. The zero-order valence-electron chi connectivity index (χ0n) is 10.4. The zero-order chi connectivity index (χ0) is 13.1. The molecule has 19 heavy (non-hydrogen) atoms. The van der Waals surface area contributed by atoms with Gasteiger partial charge in [0.1, 0.15) is 12.4 Å². The number of benzene rings is 1. The van der Waals surface area contributed by atoms with Gasteiger partial charge in [-0.1, -0.05) is 18.2 Å². The Hall–Kier alpha value is -1.91. The number of hydrogen-bond donors (Lipinski definition) is 1. The van der Waals surface area contributed by atoms with Crippen molar-refractivity contribution in [3.63, 3.8) is 0 Å². The predicted octanol–water partition coefficient (Wildman–Crippen LogP) is 3.33. The second-order valence-electron chi connectivity index (χ2n) is 4.20. The van der Waals surface area contributed by atoms with Crippen molar-refractivity contribution in [2.24, 2.45) is 5.73 Å². The van der Waals surface area contributed by atoms with Gasteiger partial charge in [-0.3, -0.25) is 4.98 Å². The highest BCUT2D eigenvalue weighted by Crippen LogP contribution is 2.26. The number of nitrogens with two attached hydrogens (primary N) is 1. The Morgan fingerprint density at radius 2 is 2.05 bits per heavy atom. The van der Waals surface area contributed by atoms with E-state index in [0.29, 0.717) is 13.2 Å². The monoisotopic (exact) mass is 270 g/mol. The molecule has 0 saturated carbocycles. The predicted molar refractivity (Wildman–Crippen MR) is 78.3 cm³/mol. The molecule has 4 heteroatoms. The van der Waals surface area contributed by atoms with Crippen molar-refractivity contribution in [1.82, 2.24) is 4.98 Å². The summed E-state index contributed by atoms with van der Waals surface area (Å²) in [4.78, 5) is 5.70. The summed E-state index contributed by atoms with van der Waals surface area (Å²) < 4.78 is 5.92. The molecule has 0 fully saturated rings. The quantitative estimate of drug-likeness (QED) is 0.791. The van der Waals surface area contributed by atoms with Crippen LogP contribution in [0, 0.1) is 0 Å². The van der Waals surface area contributed by atoms with Crippen LogP contribution in [0.4, 0.5) is 0 Å². The summed E-state index contributed by atoms with van der Waals surface area (Å²) in [5, 5.41) is 3.07. The number of nitrogens with zero attached hydrogens (tertiary/aromatic N) is 1. The minimum atomic E-state index is 0.417. The number of rotatable bonds is 4. The summed E-state index contributed by atoms with van der Waals surface area (Å²) in [6.45, 7) is 0.996. The van der Waals surface area contributed by atoms with Crippen LogP contribution in [-0.4, -0.2) is 4.98 Å². The molecule has 0 atom stereocenters. The molecule has 1 aromatic carbocycles. The van der Waals surface area contributed by atoms with Crippen LogP contribution in [-0.2, 0) is 13.2 Å². The Morgan fingerprint density at radius 3 is 2.84 bits per heavy atom. The lowest BCUT2D eigenvalue weighted by Gasteiger charge is -2.10. The van der Waals surface area contributed by atoms with Gasteiger partial charge in [-0.05, 0) is 23.6 Å². The van der Waals surface area contributed by atoms with E-state index in [9.17, 15) is 0 Å². The fourth-order valence-corrected chi connectivity index (χ4v) is 2.58. The fraction of sp³-hybridized carbons (Fsp3) is 0.133. The van der Waals surface area contributed by atoms with Gasteiger partial charge in [-0.25, -0.2) is 0 Å². The molecule has 96 valence electrons. The second kappa shape index (κ2) is 5.38. The summed E-state index contributed by atoms with van der Waals surface area (Å²) in [5.41, 5.74) is 7.45. The Labute approximate surface area is 115 Å². The number of thiophene rings is 1. The lowest BCUT2D eigenvalue weighted by Crippen LogP contribution is -2.02. The van der Waals surface area contributed by atoms with E-state index in [1.54, 1.807) is 11.3 Å². The molecular weight excluding hydrogens is 256 g/mol. The molecule has 0 saturated heterocycles. The Bertz CT molecular complexity index is 680. The van der Waals surface area contributed by atoms with Crippen molar-refractivity contribution in [2.45, 2.75) is 13.2 Å². The molecule has 0 bridgehead atoms. The number of aromatic nitrogens is 1. The molecule has 0 amide bonds. The molecule has 0 radical (unpaired) electrons. The highest BCUT2D eigenvalue weighted by molar-refractivity contribution is 7.09. The SMILES string of the molecule is NCc1cc(OCc2cccs2)c2ccccc2n1. The van der Waals surface area contributed by atoms with Crippen molar-refractivity contribution in [3.8, 4) is 5.75 Å². The summed E-state index contributed by atoms with van der Waals surface area (Å²) in [6.07, 6.45) is 0. The van der Waals surface area contributed by atoms with Gasteiger partial charge in [-0.15, -0.1) is 11.3 Å². The van der Waals surface area contributed by atoms with E-state index in [0.717, 1.165) is 22.3 Å². The summed E-state index contributed by atoms with van der Waals surface area (Å²) in [7, 11) is 0. The van der Waals surface area contributed by atoms with Crippen LogP contribution in [0.3, 0.4) is 0 Å². The third-order valence-electron chi connectivity index (χ3n) is 2.89. The average molecular weight is 270 g/mol. The first-order valence-electron chi connectivity index (χ1n) is 6.11. The molecule has 0 spiro atoms. The zero-order valence-corrected chi connectivity index (χ0v) is 11.2. The van der Waals surface area contributed by atoms with E-state index in [1.165, 1.54) is 4.88 Å². The van der Waals surface area contributed by atoms with E-state index in [2.05, 4.69) is 16.4 Å². The number of para-hydroxylation sites is 1. The maximum Gasteiger partial charge on any atom is 0.131 e. The van der Waals surface area contributed by atoms with Gasteiger partial charge < -0.3 is 10.5 Å². The van der Waals surface area contributed by atoms with Crippen molar-refractivity contribution < 1.29 is 4.74 Å². The highest BCUT2D eigenvalue weighted by Gasteiger charge is 2.06. The molecule has 0 unspecified atom stereocenters. The molecule has 2 aromatic heterocycles. The van der Waals surface area contributed by atoms with Gasteiger partial charge in [0.25, 0.3) is 0 Å². The van der Waals surface area contributed by atoms with Crippen LogP contribution in [0.15, 0.2) is 47.8 Å². The molecule has 0 aliphatic carbocycles. The van der Waals surface area contributed by atoms with E-state index in [4.69, 9.17) is 10.5 Å². The third kappa shape index (κ3) is 2.59. The number of ether oxygens (including phenoxy) is 1. The smallest absolute Gasteiger partial charge is 0.131 e. The van der Waals surface area contributed by atoms with Crippen LogP contribution < -0.4 is 10.5 Å². The molecular formula is C15H14N2OS. The molecule has 0 aliphatic heterocycles. The number of fused-ring (bicyclic) bond motifs is 1. The molecule has 3 nitrogen and oxygen atoms in total. The van der Waals surface area contributed by atoms with Gasteiger partial charge in [0.2, 0.25) is 0 Å². The van der Waals surface area contributed by atoms with Gasteiger partial charge in [-0.2, -0.15) is 0 Å². The van der Waals surface area contributed by atoms with Crippen molar-refractivity contribution in [1.29, 1.82) is 0 Å². The average Bonchev–Trinajstić information content (AvgIpc) is 2.97. The van der Waals surface area contributed by atoms with Gasteiger partial charge >= 0.3 is 0 Å². The second-order valence-corrected chi connectivity index (χ2v) is 5.23. The van der Waals surface area contributed by atoms with Crippen molar-refractivity contribution in [3.05, 3.63) is 58.4 Å². The molecule has 3 rings (SSSR count). The Kier molecular flexibility index (Phi) is 3.44. The first kappa shape index (κ1) is 12.1. The van der Waals surface area contributed by atoms with E-state index < -0.39 is 0 Å². The minimum absolute atomic E-state index is 0.417. The fourth-order valence-electron chi connectivity index (χ4n) is 1.96. The van der Waals surface area contributed by atoms with Crippen LogP contribution in [0.25, 0.3) is 10.9 Å². The van der Waals surface area contributed by atoms with Crippen LogP contribution in [0.2, 0.25) is 0 Å². The highest BCUT2D eigenvalue weighted by atomic mass is 32.1. The van der Waals surface area contributed by atoms with E-state index in [1.807, 2.05) is 36.4 Å². The van der Waals surface area contributed by atoms with Crippen molar-refractivity contribution in [2.75, 3.05) is 0 Å². The Morgan fingerprint density at radius 1 is 1.16 bits per heavy atom. The van der Waals surface area contributed by atoms with Crippen LogP contribution in [0.5, 0.6) is 5.75 Å². The minimum Gasteiger partial charge on any atom is -0.487 e. The van der Waals surface area contributed by atoms with Gasteiger partial charge in [0, 0.05) is 22.9 Å². The molecule has 0 aliphatic rings. The van der Waals surface area contributed by atoms with Crippen molar-refractivity contribution >= 4 is 22.2 Å². The van der Waals surface area contributed by atoms with E-state index in [-0.39, 0.29) is 0 Å². The Balaban J connectivity index is 1.96. The largest absolute Gasteiger partial charge is 0.487 e. The summed E-state index contributed by atoms with van der Waals surface area (Å²) >= 11 is 1.69. The normalized spacial score (nSPS) is 10.8. The first-order valence-corrected chi connectivity index (χ1v) is 6.98. The topological polar surface area (TPSA) is 48.1 Å². The number of hydrogen-bond acceptors (Lipinski definition) is 4. The molecule has 2 N–H and O–H groups in total. The van der Waals surface area contributed by atoms with Gasteiger partial charge in [0.05, 0.1) is 11.2 Å². The summed E-state index contributed by atoms with van der Waals surface area (Å²) in [6, 6.07) is 14.0. The standard InChI is InChI=1S/C15H14N2OS/c16-9-11-8-15(18-10-12-4-3-7-19-12)13-5-1-2-6-14(13)17-11/h1-8H,9-10,16H2. The number of pyridine rings is 1.